The first kappa shape index (κ1) is 19.4. The number of hydrogen-bond donors (Lipinski definition) is 4. The van der Waals surface area contributed by atoms with Crippen molar-refractivity contribution in [3.8, 4) is 0 Å². The Kier molecular flexibility index (Phi) is 4.83. The average molecular weight is 403 g/mol. The molecule has 2 heterocycles. The Morgan fingerprint density at radius 3 is 2.63 bits per heavy atom. The van der Waals surface area contributed by atoms with Crippen LogP contribution in [-0.4, -0.2) is 27.0 Å². The minimum absolute atomic E-state index is 0.268. The van der Waals surface area contributed by atoms with Crippen LogP contribution in [-0.2, 0) is 10.2 Å². The number of nitrogens with one attached hydrogen (secondary N) is 3. The van der Waals surface area contributed by atoms with Crippen LogP contribution < -0.4 is 16.0 Å². The van der Waals surface area contributed by atoms with E-state index in [4.69, 9.17) is 0 Å². The molecule has 1 amide bonds. The molecule has 1 aromatic heterocycles. The molecule has 0 saturated heterocycles. The van der Waals surface area contributed by atoms with Crippen molar-refractivity contribution in [2.75, 3.05) is 16.0 Å². The van der Waals surface area contributed by atoms with Crippen LogP contribution in [0, 0.1) is 0 Å². The molecule has 0 aliphatic carbocycles. The number of carbonyl (C=O) groups is 2. The Hall–Kier alpha value is -3.94. The third-order valence-electron chi connectivity index (χ3n) is 5.47. The van der Waals surface area contributed by atoms with Gasteiger partial charge in [0.1, 0.15) is 12.1 Å². The fraction of sp³-hybridized carbons (Fsp3) is 0.182. The number of aliphatic carboxylic acids is 1. The minimum Gasteiger partial charge on any atom is -0.481 e. The second-order valence-electron chi connectivity index (χ2n) is 7.31. The van der Waals surface area contributed by atoms with Crippen LogP contribution in [0.15, 0.2) is 55.0 Å². The largest absolute Gasteiger partial charge is 0.481 e. The SMILES string of the molecule is CCC(C)(C(=O)O)c1ccc2c(c1)NC(=O)c1ccc(Nc3ccncn3)cc1N2. The first-order valence-electron chi connectivity index (χ1n) is 9.54. The van der Waals surface area contributed by atoms with Crippen molar-refractivity contribution in [2.24, 2.45) is 0 Å². The molecule has 2 aromatic carbocycles. The summed E-state index contributed by atoms with van der Waals surface area (Å²) in [4.78, 5) is 32.6. The minimum atomic E-state index is -1.03. The number of aromatic nitrogens is 2. The van der Waals surface area contributed by atoms with Crippen molar-refractivity contribution in [3.05, 3.63) is 66.1 Å². The zero-order valence-corrected chi connectivity index (χ0v) is 16.6. The standard InChI is InChI=1S/C22H21N5O3/c1-3-22(2,21(29)30)13-4-7-16-18(10-13)27-20(28)15-6-5-14(11-17(15)26-16)25-19-8-9-23-12-24-19/h4-12,26H,3H2,1-2H3,(H,27,28)(H,29,30)(H,23,24,25). The maximum absolute atomic E-state index is 12.8. The summed E-state index contributed by atoms with van der Waals surface area (Å²) in [5.41, 5.74) is 2.71. The fourth-order valence-electron chi connectivity index (χ4n) is 3.35. The number of rotatable bonds is 5. The third kappa shape index (κ3) is 3.43. The first-order valence-corrected chi connectivity index (χ1v) is 9.54. The number of amides is 1. The van der Waals surface area contributed by atoms with Gasteiger partial charge >= 0.3 is 5.97 Å². The van der Waals surface area contributed by atoms with Crippen LogP contribution in [0.25, 0.3) is 0 Å². The molecule has 1 unspecified atom stereocenters. The van der Waals surface area contributed by atoms with Crippen molar-refractivity contribution in [1.29, 1.82) is 0 Å². The van der Waals surface area contributed by atoms with Gasteiger partial charge in [0.2, 0.25) is 0 Å². The van der Waals surface area contributed by atoms with Gasteiger partial charge in [0.25, 0.3) is 5.91 Å². The van der Waals surface area contributed by atoms with Gasteiger partial charge in [0.05, 0.1) is 28.0 Å². The molecule has 0 saturated carbocycles. The number of fused-ring (bicyclic) bond motifs is 2. The van der Waals surface area contributed by atoms with Gasteiger partial charge in [-0.05, 0) is 55.3 Å². The van der Waals surface area contributed by atoms with E-state index < -0.39 is 11.4 Å². The molecular weight excluding hydrogens is 382 g/mol. The topological polar surface area (TPSA) is 116 Å². The van der Waals surface area contributed by atoms with Crippen LogP contribution in [0.1, 0.15) is 36.2 Å². The molecule has 8 nitrogen and oxygen atoms in total. The number of carboxylic acids is 1. The van der Waals surface area contributed by atoms with Gasteiger partial charge in [-0.3, -0.25) is 9.59 Å². The smallest absolute Gasteiger partial charge is 0.313 e. The van der Waals surface area contributed by atoms with Crippen LogP contribution >= 0.6 is 0 Å². The molecule has 0 bridgehead atoms. The third-order valence-corrected chi connectivity index (χ3v) is 5.47. The molecule has 1 aliphatic rings. The highest BCUT2D eigenvalue weighted by Gasteiger charge is 2.34. The predicted octanol–water partition coefficient (Wildman–Crippen LogP) is 4.28. The van der Waals surface area contributed by atoms with Crippen molar-refractivity contribution in [1.82, 2.24) is 9.97 Å². The number of hydrogen-bond acceptors (Lipinski definition) is 6. The maximum Gasteiger partial charge on any atom is 0.313 e. The lowest BCUT2D eigenvalue weighted by Gasteiger charge is -2.24. The second kappa shape index (κ2) is 7.47. The lowest BCUT2D eigenvalue weighted by molar-refractivity contribution is -0.143. The highest BCUT2D eigenvalue weighted by molar-refractivity contribution is 6.12. The molecule has 1 aliphatic heterocycles. The summed E-state index contributed by atoms with van der Waals surface area (Å²) >= 11 is 0. The van der Waals surface area contributed by atoms with Gasteiger partial charge < -0.3 is 21.1 Å². The zero-order chi connectivity index (χ0) is 21.3. The Labute approximate surface area is 173 Å². The Bertz CT molecular complexity index is 1130. The van der Waals surface area contributed by atoms with E-state index in [0.29, 0.717) is 40.4 Å². The van der Waals surface area contributed by atoms with Crippen molar-refractivity contribution in [2.45, 2.75) is 25.7 Å². The van der Waals surface area contributed by atoms with E-state index in [1.807, 2.05) is 13.0 Å². The van der Waals surface area contributed by atoms with Crippen molar-refractivity contribution >= 4 is 40.4 Å². The van der Waals surface area contributed by atoms with E-state index in [9.17, 15) is 14.7 Å². The fourth-order valence-corrected chi connectivity index (χ4v) is 3.35. The van der Waals surface area contributed by atoms with Crippen LogP contribution in [0.2, 0.25) is 0 Å². The van der Waals surface area contributed by atoms with Gasteiger partial charge in [-0.1, -0.05) is 13.0 Å². The van der Waals surface area contributed by atoms with E-state index in [2.05, 4.69) is 25.9 Å². The Morgan fingerprint density at radius 2 is 1.93 bits per heavy atom. The van der Waals surface area contributed by atoms with E-state index in [1.54, 1.807) is 49.5 Å². The summed E-state index contributed by atoms with van der Waals surface area (Å²) in [6.07, 6.45) is 3.52. The number of nitrogens with zero attached hydrogens (tertiary/aromatic N) is 2. The van der Waals surface area contributed by atoms with E-state index >= 15 is 0 Å². The molecule has 4 N–H and O–H groups in total. The van der Waals surface area contributed by atoms with Crippen LogP contribution in [0.3, 0.4) is 0 Å². The second-order valence-corrected chi connectivity index (χ2v) is 7.31. The number of benzene rings is 2. The van der Waals surface area contributed by atoms with Crippen molar-refractivity contribution in [3.63, 3.8) is 0 Å². The van der Waals surface area contributed by atoms with Gasteiger partial charge in [-0.15, -0.1) is 0 Å². The van der Waals surface area contributed by atoms with Gasteiger partial charge in [-0.2, -0.15) is 0 Å². The Balaban J connectivity index is 1.69. The van der Waals surface area contributed by atoms with Crippen LogP contribution in [0.4, 0.5) is 28.6 Å². The summed E-state index contributed by atoms with van der Waals surface area (Å²) < 4.78 is 0. The zero-order valence-electron chi connectivity index (χ0n) is 16.6. The molecule has 0 fully saturated rings. The normalized spacial score (nSPS) is 14.3. The van der Waals surface area contributed by atoms with E-state index in [-0.39, 0.29) is 5.91 Å². The maximum atomic E-state index is 12.8. The average Bonchev–Trinajstić information content (AvgIpc) is 2.88. The van der Waals surface area contributed by atoms with Crippen LogP contribution in [0.5, 0.6) is 0 Å². The highest BCUT2D eigenvalue weighted by Crippen LogP contribution is 2.37. The summed E-state index contributed by atoms with van der Waals surface area (Å²) in [6.45, 7) is 3.52. The molecule has 152 valence electrons. The predicted molar refractivity (Wildman–Crippen MR) is 115 cm³/mol. The number of carbonyl (C=O) groups excluding carboxylic acids is 1. The summed E-state index contributed by atoms with van der Waals surface area (Å²) in [6, 6.07) is 12.4. The Morgan fingerprint density at radius 1 is 1.10 bits per heavy atom. The van der Waals surface area contributed by atoms with Gasteiger partial charge in [-0.25, -0.2) is 9.97 Å². The number of anilines is 5. The summed E-state index contributed by atoms with van der Waals surface area (Å²) in [7, 11) is 0. The molecule has 30 heavy (non-hydrogen) atoms. The summed E-state index contributed by atoms with van der Waals surface area (Å²) in [5, 5.41) is 19.0. The lowest BCUT2D eigenvalue weighted by atomic mass is 9.80. The highest BCUT2D eigenvalue weighted by atomic mass is 16.4. The molecule has 3 aromatic rings. The molecule has 1 atom stereocenters. The first-order chi connectivity index (χ1) is 14.4. The van der Waals surface area contributed by atoms with Gasteiger partial charge in [0.15, 0.2) is 0 Å². The molecule has 0 spiro atoms. The molecule has 4 rings (SSSR count). The quantitative estimate of drug-likeness (QED) is 0.502. The molecular formula is C22H21N5O3. The van der Waals surface area contributed by atoms with E-state index in [1.165, 1.54) is 6.33 Å². The monoisotopic (exact) mass is 403 g/mol. The molecule has 8 heteroatoms. The van der Waals surface area contributed by atoms with Gasteiger partial charge in [0, 0.05) is 11.9 Å². The van der Waals surface area contributed by atoms with E-state index in [0.717, 1.165) is 5.69 Å². The molecule has 0 radical (unpaired) electrons. The van der Waals surface area contributed by atoms with Crippen molar-refractivity contribution < 1.29 is 14.7 Å². The number of carboxylic acid groups (broad SMARTS) is 1. The summed E-state index contributed by atoms with van der Waals surface area (Å²) in [5.74, 6) is -0.530. The lowest BCUT2D eigenvalue weighted by Crippen LogP contribution is -2.31.